The highest BCUT2D eigenvalue weighted by Gasteiger charge is 2.38. The van der Waals surface area contributed by atoms with E-state index in [1.807, 2.05) is 4.90 Å². The van der Waals surface area contributed by atoms with Crippen LogP contribution in [0.4, 0.5) is 50.3 Å². The summed E-state index contributed by atoms with van der Waals surface area (Å²) in [5.74, 6) is -0.239. The molecule has 1 aromatic heterocycles. The van der Waals surface area contributed by atoms with Crippen LogP contribution in [-0.2, 0) is 43.4 Å². The molecule has 3 aromatic rings. The molecule has 2 heterocycles. The second kappa shape index (κ2) is 13.3. The molecule has 1 aliphatic rings. The average Bonchev–Trinajstić information content (AvgIpc) is 3.39. The Morgan fingerprint density at radius 2 is 1.52 bits per heavy atom. The highest BCUT2D eigenvalue weighted by atomic mass is 19.4. The number of benzene rings is 2. The van der Waals surface area contributed by atoms with Crippen molar-refractivity contribution in [2.24, 2.45) is 7.05 Å². The first-order valence-corrected chi connectivity index (χ1v) is 14.0. The van der Waals surface area contributed by atoms with Gasteiger partial charge in [0.2, 0.25) is 0 Å². The van der Waals surface area contributed by atoms with Crippen molar-refractivity contribution in [1.29, 1.82) is 0 Å². The number of rotatable bonds is 9. The molecule has 9 nitrogen and oxygen atoms in total. The molecular weight excluding hydrogens is 639 g/mol. The minimum absolute atomic E-state index is 0.0180. The SMILES string of the molecule is CCC(c1ccc(C(F)(F)F)cc1CN(Cc1cc(C(F)(F)F)cc(C(F)(F)F)c1)c1nnn(C)n1)N1CCC(OC(=O)O)CC1. The molecule has 2 aromatic carbocycles. The van der Waals surface area contributed by atoms with Gasteiger partial charge in [-0.25, -0.2) is 4.79 Å². The minimum atomic E-state index is -5.11. The number of aromatic nitrogens is 4. The number of piperidine rings is 1. The maximum absolute atomic E-state index is 13.9. The molecule has 1 N–H and O–H groups in total. The van der Waals surface area contributed by atoms with Crippen LogP contribution in [0.2, 0.25) is 0 Å². The monoisotopic (exact) mass is 668 g/mol. The van der Waals surface area contributed by atoms with Crippen LogP contribution in [0, 0.1) is 0 Å². The maximum atomic E-state index is 13.9. The van der Waals surface area contributed by atoms with E-state index in [0.717, 1.165) is 21.8 Å². The summed E-state index contributed by atoms with van der Waals surface area (Å²) < 4.78 is 128. The summed E-state index contributed by atoms with van der Waals surface area (Å²) in [7, 11) is 1.36. The average molecular weight is 669 g/mol. The summed E-state index contributed by atoms with van der Waals surface area (Å²) in [4.78, 5) is 15.0. The zero-order valence-corrected chi connectivity index (χ0v) is 24.4. The van der Waals surface area contributed by atoms with E-state index in [1.165, 1.54) is 13.1 Å². The third-order valence-electron chi connectivity index (χ3n) is 7.56. The lowest BCUT2D eigenvalue weighted by molar-refractivity contribution is -0.143. The standard InChI is InChI=1S/C28H29F9N6O3/c1-3-23(42-8-6-21(7-9-42)46-25(44)45)22-5-4-18(26(29,30)31)12-17(22)15-43(24-38-40-41(2)39-24)14-16-10-19(27(32,33)34)13-20(11-16)28(35,36)37/h4-5,10-13,21,23H,3,6-9,14-15H2,1-2H3,(H,44,45). The summed E-state index contributed by atoms with van der Waals surface area (Å²) in [5.41, 5.74) is -4.03. The van der Waals surface area contributed by atoms with Gasteiger partial charge in [0.05, 0.1) is 23.7 Å². The van der Waals surface area contributed by atoms with Gasteiger partial charge in [-0.1, -0.05) is 18.1 Å². The van der Waals surface area contributed by atoms with Gasteiger partial charge in [-0.15, -0.1) is 5.10 Å². The van der Waals surface area contributed by atoms with E-state index < -0.39 is 72.2 Å². The van der Waals surface area contributed by atoms with E-state index >= 15 is 0 Å². The second-order valence-corrected chi connectivity index (χ2v) is 10.8. The molecule has 4 rings (SSSR count). The molecule has 1 unspecified atom stereocenters. The van der Waals surface area contributed by atoms with E-state index in [2.05, 4.69) is 15.4 Å². The van der Waals surface area contributed by atoms with Gasteiger partial charge in [-0.3, -0.25) is 4.90 Å². The Bertz CT molecular complexity index is 1480. The molecule has 18 heteroatoms. The number of carboxylic acid groups (broad SMARTS) is 1. The summed E-state index contributed by atoms with van der Waals surface area (Å²) in [6.45, 7) is 1.45. The lowest BCUT2D eigenvalue weighted by Gasteiger charge is -2.38. The predicted molar refractivity (Wildman–Crippen MR) is 143 cm³/mol. The zero-order valence-electron chi connectivity index (χ0n) is 24.4. The highest BCUT2D eigenvalue weighted by molar-refractivity contribution is 5.57. The van der Waals surface area contributed by atoms with Crippen molar-refractivity contribution < 1.29 is 54.2 Å². The van der Waals surface area contributed by atoms with Crippen molar-refractivity contribution in [3.8, 4) is 0 Å². The topological polar surface area (TPSA) is 96.6 Å². The quantitative estimate of drug-likeness (QED) is 0.191. The van der Waals surface area contributed by atoms with Crippen LogP contribution >= 0.6 is 0 Å². The van der Waals surface area contributed by atoms with Crippen molar-refractivity contribution >= 4 is 12.1 Å². The van der Waals surface area contributed by atoms with Gasteiger partial charge in [0.25, 0.3) is 5.95 Å². The Morgan fingerprint density at radius 1 is 0.935 bits per heavy atom. The molecule has 0 spiro atoms. The summed E-state index contributed by atoms with van der Waals surface area (Å²) >= 11 is 0. The Labute approximate surface area is 256 Å². The molecule has 1 fully saturated rings. The number of halogens is 9. The number of hydrogen-bond acceptors (Lipinski definition) is 7. The van der Waals surface area contributed by atoms with Gasteiger partial charge in [0, 0.05) is 32.2 Å². The maximum Gasteiger partial charge on any atom is 0.506 e. The first-order valence-electron chi connectivity index (χ1n) is 14.0. The van der Waals surface area contributed by atoms with Gasteiger partial charge in [0.1, 0.15) is 6.10 Å². The minimum Gasteiger partial charge on any atom is -0.450 e. The molecule has 1 atom stereocenters. The van der Waals surface area contributed by atoms with Gasteiger partial charge in [0.15, 0.2) is 0 Å². The molecule has 1 aliphatic heterocycles. The smallest absolute Gasteiger partial charge is 0.450 e. The van der Waals surface area contributed by atoms with Crippen LogP contribution < -0.4 is 4.90 Å². The highest BCUT2D eigenvalue weighted by Crippen LogP contribution is 2.39. The van der Waals surface area contributed by atoms with E-state index in [1.54, 1.807) is 6.92 Å². The van der Waals surface area contributed by atoms with Crippen molar-refractivity contribution in [3.63, 3.8) is 0 Å². The summed E-state index contributed by atoms with van der Waals surface area (Å²) in [5, 5.41) is 20.4. The first-order chi connectivity index (χ1) is 21.3. The summed E-state index contributed by atoms with van der Waals surface area (Å²) in [6, 6.07) is 3.65. The van der Waals surface area contributed by atoms with E-state index in [0.29, 0.717) is 50.0 Å². The van der Waals surface area contributed by atoms with E-state index in [9.17, 15) is 44.3 Å². The number of aryl methyl sites for hydroxylation is 1. The van der Waals surface area contributed by atoms with Gasteiger partial charge in [-0.2, -0.15) is 44.3 Å². The number of anilines is 1. The Kier molecular flexibility index (Phi) is 10.1. The number of hydrogen-bond donors (Lipinski definition) is 1. The Hall–Kier alpha value is -4.09. The lowest BCUT2D eigenvalue weighted by atomic mass is 9.92. The van der Waals surface area contributed by atoms with Crippen LogP contribution in [0.15, 0.2) is 36.4 Å². The van der Waals surface area contributed by atoms with Crippen LogP contribution in [0.1, 0.15) is 65.6 Å². The number of likely N-dealkylation sites (tertiary alicyclic amines) is 1. The van der Waals surface area contributed by atoms with Gasteiger partial charge < -0.3 is 14.7 Å². The largest absolute Gasteiger partial charge is 0.506 e. The number of nitrogens with zero attached hydrogens (tertiary/aromatic N) is 6. The molecule has 0 radical (unpaired) electrons. The normalized spacial score (nSPS) is 16.0. The van der Waals surface area contributed by atoms with Crippen LogP contribution in [-0.4, -0.2) is 55.6 Å². The van der Waals surface area contributed by atoms with Crippen LogP contribution in [0.25, 0.3) is 0 Å². The molecule has 46 heavy (non-hydrogen) atoms. The molecule has 0 bridgehead atoms. The number of ether oxygens (including phenoxy) is 1. The van der Waals surface area contributed by atoms with E-state index in [-0.39, 0.29) is 17.6 Å². The van der Waals surface area contributed by atoms with Gasteiger partial charge in [-0.05, 0) is 71.5 Å². The van der Waals surface area contributed by atoms with Crippen molar-refractivity contribution in [2.75, 3.05) is 18.0 Å². The third-order valence-corrected chi connectivity index (χ3v) is 7.56. The Morgan fingerprint density at radius 3 is 2.00 bits per heavy atom. The lowest BCUT2D eigenvalue weighted by Crippen LogP contribution is -2.40. The molecule has 252 valence electrons. The van der Waals surface area contributed by atoms with Crippen molar-refractivity contribution in [2.45, 2.75) is 70.0 Å². The first kappa shape index (κ1) is 34.8. The van der Waals surface area contributed by atoms with Crippen molar-refractivity contribution in [3.05, 3.63) is 69.8 Å². The second-order valence-electron chi connectivity index (χ2n) is 10.8. The fourth-order valence-corrected chi connectivity index (χ4v) is 5.50. The number of alkyl halides is 9. The molecule has 0 amide bonds. The van der Waals surface area contributed by atoms with E-state index in [4.69, 9.17) is 9.84 Å². The van der Waals surface area contributed by atoms with Crippen LogP contribution in [0.5, 0.6) is 0 Å². The van der Waals surface area contributed by atoms with Crippen molar-refractivity contribution in [1.82, 2.24) is 25.1 Å². The number of tetrazole rings is 1. The molecule has 1 saturated heterocycles. The third kappa shape index (κ3) is 8.58. The molecule has 0 saturated carbocycles. The van der Waals surface area contributed by atoms with Gasteiger partial charge >= 0.3 is 24.7 Å². The number of carbonyl (C=O) groups is 1. The zero-order chi connectivity index (χ0) is 34.0. The van der Waals surface area contributed by atoms with Crippen LogP contribution in [0.3, 0.4) is 0 Å². The Balaban J connectivity index is 1.76. The fourth-order valence-electron chi connectivity index (χ4n) is 5.50. The predicted octanol–water partition coefficient (Wildman–Crippen LogP) is 7.08. The molecule has 0 aliphatic carbocycles. The fraction of sp³-hybridized carbons (Fsp3) is 0.500. The summed E-state index contributed by atoms with van der Waals surface area (Å²) in [6.07, 6.45) is -15.9. The molecular formula is C28H29F9N6O3.